The van der Waals surface area contributed by atoms with Gasteiger partial charge in [0.25, 0.3) is 0 Å². The molecule has 2 aromatic carbocycles. The second-order valence-corrected chi connectivity index (χ2v) is 6.68. The third-order valence-corrected chi connectivity index (χ3v) is 4.67. The summed E-state index contributed by atoms with van der Waals surface area (Å²) in [4.78, 5) is 2.15. The predicted octanol–water partition coefficient (Wildman–Crippen LogP) is 4.05. The van der Waals surface area contributed by atoms with E-state index in [1.54, 1.807) is 0 Å². The molecule has 0 saturated carbocycles. The summed E-state index contributed by atoms with van der Waals surface area (Å²) in [5.74, 6) is 1.27. The van der Waals surface area contributed by atoms with Crippen LogP contribution in [0.3, 0.4) is 0 Å². The lowest BCUT2D eigenvalue weighted by Gasteiger charge is -2.28. The fourth-order valence-corrected chi connectivity index (χ4v) is 3.31. The maximum Gasteiger partial charge on any atom is 0.232 e. The normalized spacial score (nSPS) is 14.2. The van der Waals surface area contributed by atoms with Gasteiger partial charge in [-0.1, -0.05) is 48.0 Å². The summed E-state index contributed by atoms with van der Waals surface area (Å²) < 4.78 is 7.42. The van der Waals surface area contributed by atoms with Crippen LogP contribution in [0, 0.1) is 18.3 Å². The molecular formula is C22H22BrN5O. The topological polar surface area (TPSA) is 67.0 Å². The lowest BCUT2D eigenvalue weighted by Crippen LogP contribution is -2.38. The number of nitriles is 1. The van der Waals surface area contributed by atoms with Crippen LogP contribution in [0.25, 0.3) is 17.3 Å². The number of hydrogen-bond donors (Lipinski definition) is 0. The highest BCUT2D eigenvalue weighted by molar-refractivity contribution is 8.93. The molecule has 2 heterocycles. The second-order valence-electron chi connectivity index (χ2n) is 6.68. The van der Waals surface area contributed by atoms with E-state index < -0.39 is 0 Å². The number of halogens is 1. The summed E-state index contributed by atoms with van der Waals surface area (Å²) in [6.07, 6.45) is 1.86. The van der Waals surface area contributed by atoms with Crippen LogP contribution in [0.15, 0.2) is 54.6 Å². The van der Waals surface area contributed by atoms with E-state index in [1.165, 1.54) is 0 Å². The summed E-state index contributed by atoms with van der Waals surface area (Å²) in [7, 11) is 0. The molecule has 0 aliphatic carbocycles. The first kappa shape index (κ1) is 20.8. The van der Waals surface area contributed by atoms with Crippen molar-refractivity contribution in [1.82, 2.24) is 14.8 Å². The van der Waals surface area contributed by atoms with Crippen LogP contribution in [-0.4, -0.2) is 41.1 Å². The molecule has 1 saturated heterocycles. The molecule has 0 radical (unpaired) electrons. The summed E-state index contributed by atoms with van der Waals surface area (Å²) in [5, 5.41) is 18.7. The minimum absolute atomic E-state index is 0. The van der Waals surface area contributed by atoms with Gasteiger partial charge >= 0.3 is 0 Å². The number of anilines is 1. The third kappa shape index (κ3) is 4.56. The largest absolute Gasteiger partial charge is 0.378 e. The predicted molar refractivity (Wildman–Crippen MR) is 119 cm³/mol. The maximum absolute atomic E-state index is 9.87. The van der Waals surface area contributed by atoms with Crippen LogP contribution in [-0.2, 0) is 4.74 Å². The molecule has 6 nitrogen and oxygen atoms in total. The van der Waals surface area contributed by atoms with Gasteiger partial charge in [0.2, 0.25) is 5.95 Å². The quantitative estimate of drug-likeness (QED) is 0.559. The van der Waals surface area contributed by atoms with Gasteiger partial charge in [-0.15, -0.1) is 27.2 Å². The minimum Gasteiger partial charge on any atom is -0.378 e. The Morgan fingerprint density at radius 2 is 1.83 bits per heavy atom. The van der Waals surface area contributed by atoms with E-state index >= 15 is 0 Å². The molecule has 148 valence electrons. The summed E-state index contributed by atoms with van der Waals surface area (Å²) in [5.41, 5.74) is 3.51. The van der Waals surface area contributed by atoms with E-state index in [4.69, 9.17) is 4.74 Å². The van der Waals surface area contributed by atoms with Crippen molar-refractivity contribution in [2.45, 2.75) is 6.92 Å². The highest BCUT2D eigenvalue weighted by Gasteiger charge is 2.23. The van der Waals surface area contributed by atoms with E-state index in [-0.39, 0.29) is 17.0 Å². The molecule has 1 fully saturated rings. The van der Waals surface area contributed by atoms with Gasteiger partial charge in [0.1, 0.15) is 6.07 Å². The Bertz CT molecular complexity index is 1030. The Labute approximate surface area is 180 Å². The zero-order valence-electron chi connectivity index (χ0n) is 16.2. The second kappa shape index (κ2) is 9.50. The van der Waals surface area contributed by atoms with Gasteiger partial charge in [-0.05, 0) is 30.7 Å². The first-order valence-electron chi connectivity index (χ1n) is 9.28. The third-order valence-electron chi connectivity index (χ3n) is 4.67. The van der Waals surface area contributed by atoms with E-state index in [1.807, 2.05) is 72.2 Å². The summed E-state index contributed by atoms with van der Waals surface area (Å²) in [6.45, 7) is 4.83. The van der Waals surface area contributed by atoms with Gasteiger partial charge in [0, 0.05) is 13.1 Å². The van der Waals surface area contributed by atoms with Gasteiger partial charge in [0.15, 0.2) is 5.82 Å². The molecule has 0 bridgehead atoms. The summed E-state index contributed by atoms with van der Waals surface area (Å²) in [6, 6.07) is 20.3. The summed E-state index contributed by atoms with van der Waals surface area (Å²) >= 11 is 0. The maximum atomic E-state index is 9.87. The number of morpholine rings is 1. The van der Waals surface area contributed by atoms with E-state index in [2.05, 4.69) is 21.2 Å². The molecule has 0 N–H and O–H groups in total. The standard InChI is InChI=1S/C22H21N5O.BrH/c1-17-6-5-7-18(14-17)15-19(16-23)21-24-25-22(26-10-12-28-13-11-26)27(21)20-8-3-2-4-9-20;/h2-9,14-15H,10-13H2,1H3;1H/b19-15+;. The fourth-order valence-electron chi connectivity index (χ4n) is 3.31. The number of aryl methyl sites for hydroxylation is 1. The Morgan fingerprint density at radius 3 is 2.52 bits per heavy atom. The molecule has 0 unspecified atom stereocenters. The minimum atomic E-state index is 0. The number of allylic oxidation sites excluding steroid dienone is 1. The molecule has 1 aromatic heterocycles. The molecule has 4 rings (SSSR count). The van der Waals surface area contributed by atoms with Crippen LogP contribution >= 0.6 is 17.0 Å². The van der Waals surface area contributed by atoms with Crippen molar-refractivity contribution < 1.29 is 4.74 Å². The van der Waals surface area contributed by atoms with Crippen LogP contribution in [0.2, 0.25) is 0 Å². The highest BCUT2D eigenvalue weighted by atomic mass is 79.9. The molecular weight excluding hydrogens is 430 g/mol. The van der Waals surface area contributed by atoms with Crippen molar-refractivity contribution in [3.63, 3.8) is 0 Å². The average molecular weight is 452 g/mol. The lowest BCUT2D eigenvalue weighted by molar-refractivity contribution is 0.122. The molecule has 0 atom stereocenters. The van der Waals surface area contributed by atoms with Crippen molar-refractivity contribution in [1.29, 1.82) is 5.26 Å². The SMILES string of the molecule is Br.Cc1cccc(/C=C(\C#N)c2nnc(N3CCOCC3)n2-c2ccccc2)c1. The number of benzene rings is 2. The van der Waals surface area contributed by atoms with Crippen molar-refractivity contribution in [3.05, 3.63) is 71.5 Å². The zero-order valence-corrected chi connectivity index (χ0v) is 17.9. The molecule has 7 heteroatoms. The monoisotopic (exact) mass is 451 g/mol. The van der Waals surface area contributed by atoms with E-state index in [9.17, 15) is 5.26 Å². The average Bonchev–Trinajstić information content (AvgIpc) is 3.18. The number of rotatable bonds is 4. The molecule has 0 amide bonds. The first-order valence-corrected chi connectivity index (χ1v) is 9.28. The van der Waals surface area contributed by atoms with Crippen LogP contribution < -0.4 is 4.90 Å². The molecule has 1 aliphatic heterocycles. The molecule has 1 aliphatic rings. The highest BCUT2D eigenvalue weighted by Crippen LogP contribution is 2.26. The number of nitrogens with zero attached hydrogens (tertiary/aromatic N) is 5. The van der Waals surface area contributed by atoms with Gasteiger partial charge < -0.3 is 9.64 Å². The van der Waals surface area contributed by atoms with Gasteiger partial charge in [-0.3, -0.25) is 4.57 Å². The number of aromatic nitrogens is 3. The number of hydrogen-bond acceptors (Lipinski definition) is 5. The Morgan fingerprint density at radius 1 is 1.07 bits per heavy atom. The van der Waals surface area contributed by atoms with E-state index in [0.717, 1.165) is 35.9 Å². The Kier molecular flexibility index (Phi) is 6.81. The van der Waals surface area contributed by atoms with Crippen LogP contribution in [0.4, 0.5) is 5.95 Å². The Hall–Kier alpha value is -2.95. The first-order chi connectivity index (χ1) is 13.8. The molecule has 3 aromatic rings. The lowest BCUT2D eigenvalue weighted by atomic mass is 10.1. The van der Waals surface area contributed by atoms with Crippen molar-refractivity contribution in [2.24, 2.45) is 0 Å². The van der Waals surface area contributed by atoms with E-state index in [0.29, 0.717) is 24.6 Å². The molecule has 0 spiro atoms. The van der Waals surface area contributed by atoms with Crippen LogP contribution in [0.1, 0.15) is 17.0 Å². The smallest absolute Gasteiger partial charge is 0.232 e. The Balaban J connectivity index is 0.00000240. The molecule has 29 heavy (non-hydrogen) atoms. The number of ether oxygens (including phenoxy) is 1. The fraction of sp³-hybridized carbons (Fsp3) is 0.227. The van der Waals surface area contributed by atoms with Crippen LogP contribution in [0.5, 0.6) is 0 Å². The van der Waals surface area contributed by atoms with Gasteiger partial charge in [0.05, 0.1) is 24.5 Å². The van der Waals surface area contributed by atoms with Crippen molar-refractivity contribution in [2.75, 3.05) is 31.2 Å². The zero-order chi connectivity index (χ0) is 19.3. The van der Waals surface area contributed by atoms with Gasteiger partial charge in [-0.25, -0.2) is 0 Å². The van der Waals surface area contributed by atoms with Gasteiger partial charge in [-0.2, -0.15) is 5.26 Å². The van der Waals surface area contributed by atoms with Crippen molar-refractivity contribution in [3.8, 4) is 11.8 Å². The van der Waals surface area contributed by atoms with Crippen molar-refractivity contribution >= 4 is 34.6 Å². The number of para-hydroxylation sites is 1.